The van der Waals surface area contributed by atoms with Gasteiger partial charge in [-0.3, -0.25) is 9.59 Å². The molecule has 6 nitrogen and oxygen atoms in total. The molecule has 0 aliphatic carbocycles. The van der Waals surface area contributed by atoms with Crippen molar-refractivity contribution in [2.75, 3.05) is 26.3 Å². The Hall–Kier alpha value is -2.76. The van der Waals surface area contributed by atoms with Crippen LogP contribution in [0, 0.1) is 0 Å². The van der Waals surface area contributed by atoms with E-state index in [2.05, 4.69) is 30.7 Å². The van der Waals surface area contributed by atoms with Crippen LogP contribution in [0.25, 0.3) is 0 Å². The summed E-state index contributed by atoms with van der Waals surface area (Å²) in [6.07, 6.45) is 6.81. The molecule has 0 saturated heterocycles. The first-order valence-corrected chi connectivity index (χ1v) is 9.79. The molecule has 2 amide bonds. The van der Waals surface area contributed by atoms with Gasteiger partial charge < -0.3 is 20.1 Å². The smallest absolute Gasteiger partial charge is 0.243 e. The molecule has 0 aromatic heterocycles. The summed E-state index contributed by atoms with van der Waals surface area (Å²) in [6.45, 7) is 11.3. The Morgan fingerprint density at radius 1 is 0.929 bits per heavy atom. The average Bonchev–Trinajstić information content (AvgIpc) is 2.72. The molecule has 28 heavy (non-hydrogen) atoms. The molecule has 0 fully saturated rings. The summed E-state index contributed by atoms with van der Waals surface area (Å²) in [4.78, 5) is 22.1. The van der Waals surface area contributed by atoms with Crippen LogP contribution in [0.1, 0.15) is 38.2 Å². The molecule has 2 N–H and O–H groups in total. The first kappa shape index (κ1) is 23.3. The van der Waals surface area contributed by atoms with E-state index in [4.69, 9.17) is 9.47 Å². The van der Waals surface area contributed by atoms with Crippen molar-refractivity contribution in [2.45, 2.75) is 39.0 Å². The number of benzene rings is 1. The van der Waals surface area contributed by atoms with Gasteiger partial charge in [-0.25, -0.2) is 0 Å². The van der Waals surface area contributed by atoms with Crippen LogP contribution < -0.4 is 20.1 Å². The molecule has 0 bridgehead atoms. The van der Waals surface area contributed by atoms with E-state index >= 15 is 0 Å². The number of carbonyl (C=O) groups excluding carboxylic acids is 2. The number of hydrogen-bond acceptors (Lipinski definition) is 4. The Labute approximate surface area is 168 Å². The SMILES string of the molecule is C=CC(=O)NCCCCOc1ccc(CC)c(OCCCCNC(=O)C=C)c1. The molecule has 0 unspecified atom stereocenters. The molecule has 0 atom stereocenters. The molecule has 1 aromatic rings. The molecule has 0 spiro atoms. The van der Waals surface area contributed by atoms with E-state index in [1.54, 1.807) is 0 Å². The van der Waals surface area contributed by atoms with Gasteiger partial charge >= 0.3 is 0 Å². The van der Waals surface area contributed by atoms with Crippen molar-refractivity contribution >= 4 is 11.8 Å². The number of aryl methyl sites for hydroxylation is 1. The summed E-state index contributed by atoms with van der Waals surface area (Å²) in [5.74, 6) is 1.32. The first-order chi connectivity index (χ1) is 13.6. The summed E-state index contributed by atoms with van der Waals surface area (Å²) in [7, 11) is 0. The molecule has 0 heterocycles. The Morgan fingerprint density at radius 2 is 1.50 bits per heavy atom. The van der Waals surface area contributed by atoms with E-state index in [1.807, 2.05) is 18.2 Å². The number of carbonyl (C=O) groups is 2. The normalized spacial score (nSPS) is 10.0. The third kappa shape index (κ3) is 9.80. The monoisotopic (exact) mass is 388 g/mol. The minimum absolute atomic E-state index is 0.151. The lowest BCUT2D eigenvalue weighted by Gasteiger charge is -2.13. The molecule has 0 saturated carbocycles. The molecule has 1 rings (SSSR count). The Bertz CT molecular complexity index is 643. The fraction of sp³-hybridized carbons (Fsp3) is 0.455. The Balaban J connectivity index is 2.33. The van der Waals surface area contributed by atoms with Gasteiger partial charge in [0.1, 0.15) is 11.5 Å². The van der Waals surface area contributed by atoms with Crippen molar-refractivity contribution in [1.29, 1.82) is 0 Å². The molecule has 0 aliphatic rings. The highest BCUT2D eigenvalue weighted by Crippen LogP contribution is 2.26. The lowest BCUT2D eigenvalue weighted by molar-refractivity contribution is -0.117. The van der Waals surface area contributed by atoms with Gasteiger partial charge in [0.15, 0.2) is 0 Å². The highest BCUT2D eigenvalue weighted by Gasteiger charge is 2.05. The number of ether oxygens (including phenoxy) is 2. The third-order valence-corrected chi connectivity index (χ3v) is 4.06. The molecule has 1 aromatic carbocycles. The van der Waals surface area contributed by atoms with Gasteiger partial charge in [-0.15, -0.1) is 0 Å². The predicted octanol–water partition coefficient (Wildman–Crippen LogP) is 3.17. The van der Waals surface area contributed by atoms with Gasteiger partial charge in [0.05, 0.1) is 13.2 Å². The van der Waals surface area contributed by atoms with E-state index in [-0.39, 0.29) is 11.8 Å². The van der Waals surface area contributed by atoms with Gasteiger partial charge in [0.25, 0.3) is 0 Å². The quantitative estimate of drug-likeness (QED) is 0.357. The second-order valence-corrected chi connectivity index (χ2v) is 6.22. The first-order valence-electron chi connectivity index (χ1n) is 9.79. The summed E-state index contributed by atoms with van der Waals surface area (Å²) in [6, 6.07) is 5.91. The molecular weight excluding hydrogens is 356 g/mol. The van der Waals surface area contributed by atoms with Crippen molar-refractivity contribution in [1.82, 2.24) is 10.6 Å². The van der Waals surface area contributed by atoms with Crippen molar-refractivity contribution in [3.63, 3.8) is 0 Å². The largest absolute Gasteiger partial charge is 0.493 e. The minimum Gasteiger partial charge on any atom is -0.493 e. The maximum Gasteiger partial charge on any atom is 0.243 e. The summed E-state index contributed by atoms with van der Waals surface area (Å²) >= 11 is 0. The van der Waals surface area contributed by atoms with E-state index in [1.165, 1.54) is 12.2 Å². The van der Waals surface area contributed by atoms with Gasteiger partial charge in [0, 0.05) is 19.2 Å². The van der Waals surface area contributed by atoms with Crippen molar-refractivity contribution in [3.05, 3.63) is 49.1 Å². The summed E-state index contributed by atoms with van der Waals surface area (Å²) in [5.41, 5.74) is 1.14. The highest BCUT2D eigenvalue weighted by atomic mass is 16.5. The van der Waals surface area contributed by atoms with E-state index < -0.39 is 0 Å². The average molecular weight is 389 g/mol. The molecule has 154 valence electrons. The second-order valence-electron chi connectivity index (χ2n) is 6.22. The van der Waals surface area contributed by atoms with Gasteiger partial charge in [-0.2, -0.15) is 0 Å². The van der Waals surface area contributed by atoms with Gasteiger partial charge in [-0.05, 0) is 55.9 Å². The van der Waals surface area contributed by atoms with Crippen LogP contribution in [0.15, 0.2) is 43.5 Å². The van der Waals surface area contributed by atoms with Crippen LogP contribution in [0.2, 0.25) is 0 Å². The maximum absolute atomic E-state index is 11.1. The predicted molar refractivity (Wildman–Crippen MR) is 112 cm³/mol. The third-order valence-electron chi connectivity index (χ3n) is 4.06. The summed E-state index contributed by atoms with van der Waals surface area (Å²) < 4.78 is 11.7. The van der Waals surface area contributed by atoms with E-state index in [9.17, 15) is 9.59 Å². The van der Waals surface area contributed by atoms with Crippen LogP contribution in [-0.4, -0.2) is 38.1 Å². The van der Waals surface area contributed by atoms with Crippen molar-refractivity contribution in [2.24, 2.45) is 0 Å². The zero-order chi connectivity index (χ0) is 20.6. The Morgan fingerprint density at radius 3 is 2.04 bits per heavy atom. The van der Waals surface area contributed by atoms with Crippen LogP contribution in [0.5, 0.6) is 11.5 Å². The zero-order valence-electron chi connectivity index (χ0n) is 16.8. The topological polar surface area (TPSA) is 76.7 Å². The number of rotatable bonds is 15. The summed E-state index contributed by atoms with van der Waals surface area (Å²) in [5, 5.41) is 5.49. The van der Waals surface area contributed by atoms with Crippen LogP contribution in [-0.2, 0) is 16.0 Å². The fourth-order valence-electron chi connectivity index (χ4n) is 2.44. The standard InChI is InChI=1S/C22H32N2O4/c1-4-18-11-12-19(27-15-9-7-13-23-21(25)5-2)17-20(18)28-16-10-8-14-24-22(26)6-3/h5-6,11-12,17H,2-4,7-10,13-16H2,1H3,(H,23,25)(H,24,26). The number of nitrogens with one attached hydrogen (secondary N) is 2. The van der Waals surface area contributed by atoms with Gasteiger partial charge in [-0.1, -0.05) is 26.1 Å². The van der Waals surface area contributed by atoms with E-state index in [0.717, 1.165) is 49.2 Å². The second kappa shape index (κ2) is 14.3. The van der Waals surface area contributed by atoms with Crippen molar-refractivity contribution < 1.29 is 19.1 Å². The van der Waals surface area contributed by atoms with E-state index in [0.29, 0.717) is 26.3 Å². The number of unbranched alkanes of at least 4 members (excludes halogenated alkanes) is 2. The fourth-order valence-corrected chi connectivity index (χ4v) is 2.44. The van der Waals surface area contributed by atoms with Crippen LogP contribution in [0.4, 0.5) is 0 Å². The lowest BCUT2D eigenvalue weighted by atomic mass is 10.1. The lowest BCUT2D eigenvalue weighted by Crippen LogP contribution is -2.22. The molecular formula is C22H32N2O4. The molecule has 6 heteroatoms. The number of amides is 2. The minimum atomic E-state index is -0.152. The van der Waals surface area contributed by atoms with Crippen LogP contribution >= 0.6 is 0 Å². The molecule has 0 radical (unpaired) electrons. The van der Waals surface area contributed by atoms with Crippen molar-refractivity contribution in [3.8, 4) is 11.5 Å². The van der Waals surface area contributed by atoms with Gasteiger partial charge in [0.2, 0.25) is 11.8 Å². The van der Waals surface area contributed by atoms with Crippen LogP contribution in [0.3, 0.4) is 0 Å². The number of hydrogen-bond donors (Lipinski definition) is 2. The maximum atomic E-state index is 11.1. The Kier molecular flexibility index (Phi) is 11.9. The molecule has 0 aliphatic heterocycles. The highest BCUT2D eigenvalue weighted by molar-refractivity contribution is 5.87. The zero-order valence-corrected chi connectivity index (χ0v) is 16.8.